The molecule has 1 aromatic carbocycles. The largest absolute Gasteiger partial charge is 0.339 e. The molecule has 2 aromatic rings. The molecule has 1 fully saturated rings. The average Bonchev–Trinajstić information content (AvgIpc) is 2.94. The van der Waals surface area contributed by atoms with Gasteiger partial charge in [0, 0.05) is 13.1 Å². The van der Waals surface area contributed by atoms with E-state index in [0.29, 0.717) is 16.6 Å². The van der Waals surface area contributed by atoms with E-state index >= 15 is 0 Å². The molecule has 0 saturated carbocycles. The maximum absolute atomic E-state index is 12.3. The second-order valence-electron chi connectivity index (χ2n) is 4.31. The second-order valence-corrected chi connectivity index (χ2v) is 4.31. The minimum atomic E-state index is -0.276. The van der Waals surface area contributed by atoms with Crippen molar-refractivity contribution in [2.45, 2.75) is 12.8 Å². The van der Waals surface area contributed by atoms with E-state index < -0.39 is 0 Å². The molecule has 0 spiro atoms. The van der Waals surface area contributed by atoms with E-state index in [9.17, 15) is 9.59 Å². The van der Waals surface area contributed by atoms with Gasteiger partial charge in [0.05, 0.1) is 16.6 Å². The van der Waals surface area contributed by atoms with Crippen LogP contribution in [0.3, 0.4) is 0 Å². The van der Waals surface area contributed by atoms with Crippen LogP contribution >= 0.6 is 0 Å². The number of aromatic nitrogens is 2. The number of nitrogens with one attached hydrogen (secondary N) is 2. The van der Waals surface area contributed by atoms with Gasteiger partial charge in [0.25, 0.3) is 5.91 Å². The van der Waals surface area contributed by atoms with Crippen molar-refractivity contribution in [2.75, 3.05) is 13.1 Å². The molecule has 2 heterocycles. The van der Waals surface area contributed by atoms with Crippen molar-refractivity contribution in [2.24, 2.45) is 0 Å². The Bertz CT molecular complexity index is 620. The molecule has 0 atom stereocenters. The lowest BCUT2D eigenvalue weighted by Gasteiger charge is -2.15. The molecule has 1 aliphatic heterocycles. The fourth-order valence-corrected chi connectivity index (χ4v) is 2.33. The number of benzene rings is 1. The predicted octanol–water partition coefficient (Wildman–Crippen LogP) is 1.09. The fraction of sp³-hybridized carbons (Fsp3) is 0.333. The number of rotatable bonds is 1. The predicted molar refractivity (Wildman–Crippen MR) is 64.1 cm³/mol. The highest BCUT2D eigenvalue weighted by Crippen LogP contribution is 2.18. The summed E-state index contributed by atoms with van der Waals surface area (Å²) < 4.78 is 0. The van der Waals surface area contributed by atoms with Crippen LogP contribution in [0.1, 0.15) is 23.2 Å². The molecule has 3 rings (SSSR count). The van der Waals surface area contributed by atoms with Crippen LogP contribution in [0.25, 0.3) is 11.0 Å². The molecule has 5 heteroatoms. The number of hydrogen-bond acceptors (Lipinski definition) is 2. The number of nitrogens with zero attached hydrogens (tertiary/aromatic N) is 1. The number of amides is 1. The van der Waals surface area contributed by atoms with Crippen LogP contribution in [0.15, 0.2) is 23.0 Å². The molecular weight excluding hydrogens is 218 g/mol. The fourth-order valence-electron chi connectivity index (χ4n) is 2.33. The van der Waals surface area contributed by atoms with Crippen molar-refractivity contribution in [3.63, 3.8) is 0 Å². The number of para-hydroxylation sites is 1. The number of carbonyl (C=O) groups excluding carboxylic acids is 1. The molecule has 0 bridgehead atoms. The van der Waals surface area contributed by atoms with Crippen molar-refractivity contribution in [3.05, 3.63) is 34.2 Å². The van der Waals surface area contributed by atoms with Crippen LogP contribution in [0.5, 0.6) is 0 Å². The number of hydrogen-bond donors (Lipinski definition) is 2. The zero-order valence-electron chi connectivity index (χ0n) is 9.32. The molecule has 1 aliphatic rings. The van der Waals surface area contributed by atoms with Gasteiger partial charge in [0.1, 0.15) is 0 Å². The summed E-state index contributed by atoms with van der Waals surface area (Å²) in [6.45, 7) is 1.62. The highest BCUT2D eigenvalue weighted by molar-refractivity contribution is 6.04. The van der Waals surface area contributed by atoms with Crippen molar-refractivity contribution in [1.29, 1.82) is 0 Å². The molecule has 2 N–H and O–H groups in total. The van der Waals surface area contributed by atoms with Crippen molar-refractivity contribution < 1.29 is 4.79 Å². The summed E-state index contributed by atoms with van der Waals surface area (Å²) in [6, 6.07) is 5.33. The Labute approximate surface area is 97.4 Å². The van der Waals surface area contributed by atoms with Gasteiger partial charge in [-0.25, -0.2) is 4.79 Å². The Balaban J connectivity index is 2.09. The van der Waals surface area contributed by atoms with Crippen LogP contribution in [-0.2, 0) is 0 Å². The Kier molecular flexibility index (Phi) is 2.24. The van der Waals surface area contributed by atoms with Gasteiger partial charge in [0.2, 0.25) is 0 Å². The summed E-state index contributed by atoms with van der Waals surface area (Å²) in [7, 11) is 0. The topological polar surface area (TPSA) is 69.0 Å². The smallest absolute Gasteiger partial charge is 0.323 e. The van der Waals surface area contributed by atoms with E-state index in [0.717, 1.165) is 25.9 Å². The normalized spacial score (nSPS) is 15.6. The van der Waals surface area contributed by atoms with Crippen molar-refractivity contribution in [1.82, 2.24) is 14.9 Å². The molecule has 1 amide bonds. The van der Waals surface area contributed by atoms with Gasteiger partial charge in [-0.15, -0.1) is 0 Å². The van der Waals surface area contributed by atoms with Crippen LogP contribution < -0.4 is 5.69 Å². The minimum Gasteiger partial charge on any atom is -0.339 e. The van der Waals surface area contributed by atoms with Gasteiger partial charge >= 0.3 is 5.69 Å². The molecule has 17 heavy (non-hydrogen) atoms. The zero-order valence-corrected chi connectivity index (χ0v) is 9.32. The number of carbonyl (C=O) groups is 1. The lowest BCUT2D eigenvalue weighted by molar-refractivity contribution is 0.0794. The number of H-pyrrole nitrogens is 2. The minimum absolute atomic E-state index is 0.00310. The molecule has 0 unspecified atom stereocenters. The van der Waals surface area contributed by atoms with Gasteiger partial charge in [-0.3, -0.25) is 4.79 Å². The summed E-state index contributed by atoms with van der Waals surface area (Å²) in [6.07, 6.45) is 2.12. The van der Waals surface area contributed by atoms with Gasteiger partial charge in [-0.2, -0.15) is 0 Å². The quantitative estimate of drug-likeness (QED) is 0.771. The van der Waals surface area contributed by atoms with E-state index in [-0.39, 0.29) is 11.6 Å². The number of aromatic amines is 2. The van der Waals surface area contributed by atoms with Crippen LogP contribution in [0.4, 0.5) is 0 Å². The zero-order chi connectivity index (χ0) is 11.8. The van der Waals surface area contributed by atoms with Crippen molar-refractivity contribution in [3.8, 4) is 0 Å². The Morgan fingerprint density at radius 3 is 2.71 bits per heavy atom. The summed E-state index contributed by atoms with van der Waals surface area (Å²) in [5.74, 6) is 0.00310. The van der Waals surface area contributed by atoms with E-state index in [4.69, 9.17) is 0 Å². The maximum Gasteiger partial charge on any atom is 0.323 e. The summed E-state index contributed by atoms with van der Waals surface area (Å²) in [5.41, 5.74) is 1.58. The Morgan fingerprint density at radius 2 is 1.94 bits per heavy atom. The first kappa shape index (κ1) is 10.1. The summed E-state index contributed by atoms with van der Waals surface area (Å²) in [5, 5.41) is 0. The SMILES string of the molecule is O=C(c1cccc2[nH]c(=O)[nH]c12)N1CCCC1. The number of fused-ring (bicyclic) bond motifs is 1. The highest BCUT2D eigenvalue weighted by Gasteiger charge is 2.21. The van der Waals surface area contributed by atoms with E-state index in [1.54, 1.807) is 18.2 Å². The first-order valence-electron chi connectivity index (χ1n) is 5.76. The first-order chi connectivity index (χ1) is 8.25. The van der Waals surface area contributed by atoms with Gasteiger partial charge in [-0.1, -0.05) is 6.07 Å². The van der Waals surface area contributed by atoms with Crippen LogP contribution in [0.2, 0.25) is 0 Å². The highest BCUT2D eigenvalue weighted by atomic mass is 16.2. The average molecular weight is 231 g/mol. The van der Waals surface area contributed by atoms with Gasteiger partial charge in [-0.05, 0) is 25.0 Å². The van der Waals surface area contributed by atoms with Crippen LogP contribution in [-0.4, -0.2) is 33.9 Å². The standard InChI is InChI=1S/C12H13N3O2/c16-11(15-6-1-2-7-15)8-4-3-5-9-10(8)14-12(17)13-9/h3-5H,1-2,6-7H2,(H2,13,14,17). The molecule has 5 nitrogen and oxygen atoms in total. The van der Waals surface area contributed by atoms with Gasteiger partial charge < -0.3 is 14.9 Å². The third-order valence-electron chi connectivity index (χ3n) is 3.17. The third-order valence-corrected chi connectivity index (χ3v) is 3.17. The van der Waals surface area contributed by atoms with Crippen molar-refractivity contribution >= 4 is 16.9 Å². The maximum atomic E-state index is 12.3. The number of likely N-dealkylation sites (tertiary alicyclic amines) is 1. The Hall–Kier alpha value is -2.04. The molecule has 1 saturated heterocycles. The molecule has 1 aromatic heterocycles. The molecule has 88 valence electrons. The van der Waals surface area contributed by atoms with Gasteiger partial charge in [0.15, 0.2) is 0 Å². The summed E-state index contributed by atoms with van der Waals surface area (Å²) >= 11 is 0. The van der Waals surface area contributed by atoms with E-state index in [1.807, 2.05) is 4.90 Å². The molecule has 0 radical (unpaired) electrons. The first-order valence-corrected chi connectivity index (χ1v) is 5.76. The number of imidazole rings is 1. The summed E-state index contributed by atoms with van der Waals surface area (Å²) in [4.78, 5) is 30.7. The lowest BCUT2D eigenvalue weighted by atomic mass is 10.1. The lowest BCUT2D eigenvalue weighted by Crippen LogP contribution is -2.27. The Morgan fingerprint density at radius 1 is 1.18 bits per heavy atom. The second kappa shape index (κ2) is 3.76. The van der Waals surface area contributed by atoms with E-state index in [2.05, 4.69) is 9.97 Å². The molecule has 0 aliphatic carbocycles. The van der Waals surface area contributed by atoms with E-state index in [1.165, 1.54) is 0 Å². The molecular formula is C12H13N3O2. The monoisotopic (exact) mass is 231 g/mol. The third kappa shape index (κ3) is 1.63. The van der Waals surface area contributed by atoms with Crippen LogP contribution in [0, 0.1) is 0 Å².